The zero-order valence-corrected chi connectivity index (χ0v) is 23.3. The molecule has 4 aromatic rings. The van der Waals surface area contributed by atoms with Gasteiger partial charge in [-0.25, -0.2) is 4.98 Å². The van der Waals surface area contributed by atoms with E-state index < -0.39 is 0 Å². The van der Waals surface area contributed by atoms with Crippen LogP contribution in [0.3, 0.4) is 0 Å². The van der Waals surface area contributed by atoms with Crippen molar-refractivity contribution in [2.75, 3.05) is 24.8 Å². The van der Waals surface area contributed by atoms with Crippen molar-refractivity contribution in [2.45, 2.75) is 57.7 Å². The van der Waals surface area contributed by atoms with Gasteiger partial charge in [0.15, 0.2) is 11.5 Å². The molecule has 0 radical (unpaired) electrons. The summed E-state index contributed by atoms with van der Waals surface area (Å²) in [7, 11) is 0. The molecule has 7 rings (SSSR count). The topological polar surface area (TPSA) is 75.1 Å². The molecule has 2 aromatic heterocycles. The Hall–Kier alpha value is -3.62. The molecule has 4 heterocycles. The van der Waals surface area contributed by atoms with Crippen LogP contribution in [0.5, 0.6) is 11.5 Å². The number of thiophene rings is 1. The van der Waals surface area contributed by atoms with E-state index in [0.717, 1.165) is 83.7 Å². The van der Waals surface area contributed by atoms with E-state index in [-0.39, 0.29) is 18.8 Å². The molecule has 0 unspecified atom stereocenters. The van der Waals surface area contributed by atoms with Crippen molar-refractivity contribution in [1.29, 1.82) is 0 Å². The standard InChI is InChI=1S/C32H33N3O4S/c36-27-6-9-34(10-7-27)32-26(15-25-14-23-2-1-3-24(23)16-28(25)33-32)18-35(31(37)13-22-8-11-40-19-22)17-21-4-5-29-30(12-21)39-20-38-29/h4-5,8,11-12,14-16,19,27,36H,1-3,6-7,9-10,13,17-18,20H2. The Bertz CT molecular complexity index is 1550. The number of anilines is 1. The third kappa shape index (κ3) is 5.13. The van der Waals surface area contributed by atoms with E-state index in [9.17, 15) is 9.90 Å². The van der Waals surface area contributed by atoms with Crippen molar-refractivity contribution in [2.24, 2.45) is 0 Å². The molecule has 2 aromatic carbocycles. The second kappa shape index (κ2) is 10.7. The summed E-state index contributed by atoms with van der Waals surface area (Å²) in [4.78, 5) is 23.3. The van der Waals surface area contributed by atoms with Crippen molar-refractivity contribution in [3.8, 4) is 11.5 Å². The Labute approximate surface area is 238 Å². The van der Waals surface area contributed by atoms with Crippen LogP contribution in [0.1, 0.15) is 47.1 Å². The highest BCUT2D eigenvalue weighted by Crippen LogP contribution is 2.34. The summed E-state index contributed by atoms with van der Waals surface area (Å²) in [5, 5.41) is 15.4. The lowest BCUT2D eigenvalue weighted by Crippen LogP contribution is -2.38. The molecule has 1 saturated heterocycles. The first kappa shape index (κ1) is 25.4. The molecule has 7 nitrogen and oxygen atoms in total. The van der Waals surface area contributed by atoms with Gasteiger partial charge in [-0.2, -0.15) is 11.3 Å². The van der Waals surface area contributed by atoms with Crippen LogP contribution >= 0.6 is 11.3 Å². The highest BCUT2D eigenvalue weighted by atomic mass is 32.1. The number of fused-ring (bicyclic) bond motifs is 3. The molecule has 0 saturated carbocycles. The Kier molecular flexibility index (Phi) is 6.81. The van der Waals surface area contributed by atoms with Crippen LogP contribution < -0.4 is 14.4 Å². The van der Waals surface area contributed by atoms with E-state index in [1.54, 1.807) is 11.3 Å². The number of rotatable bonds is 7. The highest BCUT2D eigenvalue weighted by molar-refractivity contribution is 7.08. The lowest BCUT2D eigenvalue weighted by atomic mass is 10.0. The summed E-state index contributed by atoms with van der Waals surface area (Å²) in [5.74, 6) is 2.46. The first-order valence-corrected chi connectivity index (χ1v) is 15.1. The SMILES string of the molecule is O=C(Cc1ccsc1)N(Cc1ccc2c(c1)OCO2)Cc1cc2cc3c(cc2nc1N1CCC(O)CC1)CCC3. The Morgan fingerprint density at radius 3 is 2.65 bits per heavy atom. The van der Waals surface area contributed by atoms with E-state index in [1.165, 1.54) is 17.5 Å². The molecular formula is C32H33N3O4S. The average Bonchev–Trinajstić information content (AvgIpc) is 3.74. The van der Waals surface area contributed by atoms with Gasteiger partial charge in [0.1, 0.15) is 5.82 Å². The first-order chi connectivity index (χ1) is 19.6. The number of aliphatic hydroxyl groups excluding tert-OH is 1. The maximum Gasteiger partial charge on any atom is 0.231 e. The molecule has 1 fully saturated rings. The summed E-state index contributed by atoms with van der Waals surface area (Å²) >= 11 is 1.61. The molecule has 1 aliphatic carbocycles. The maximum atomic E-state index is 13.8. The van der Waals surface area contributed by atoms with Gasteiger partial charge in [0, 0.05) is 37.1 Å². The molecule has 40 heavy (non-hydrogen) atoms. The number of carbonyl (C=O) groups is 1. The third-order valence-corrected chi connectivity index (χ3v) is 9.04. The van der Waals surface area contributed by atoms with Gasteiger partial charge in [0.2, 0.25) is 12.7 Å². The van der Waals surface area contributed by atoms with E-state index >= 15 is 0 Å². The monoisotopic (exact) mass is 555 g/mol. The van der Waals surface area contributed by atoms with Crippen LogP contribution in [0.25, 0.3) is 10.9 Å². The molecule has 0 spiro atoms. The molecule has 2 aliphatic heterocycles. The zero-order chi connectivity index (χ0) is 27.1. The summed E-state index contributed by atoms with van der Waals surface area (Å²) in [5.41, 5.74) is 6.90. The number of aryl methyl sites for hydroxylation is 2. The maximum absolute atomic E-state index is 13.8. The molecule has 0 bridgehead atoms. The summed E-state index contributed by atoms with van der Waals surface area (Å²) in [6, 6.07) is 14.7. The number of aromatic nitrogens is 1. The van der Waals surface area contributed by atoms with Gasteiger partial charge in [-0.15, -0.1) is 0 Å². The van der Waals surface area contributed by atoms with Gasteiger partial charge in [0.05, 0.1) is 18.0 Å². The lowest BCUT2D eigenvalue weighted by Gasteiger charge is -2.33. The number of amides is 1. The van der Waals surface area contributed by atoms with Gasteiger partial charge in [0.25, 0.3) is 0 Å². The van der Waals surface area contributed by atoms with Crippen molar-refractivity contribution in [1.82, 2.24) is 9.88 Å². The Morgan fingerprint density at radius 2 is 1.82 bits per heavy atom. The number of aliphatic hydroxyl groups is 1. The molecule has 1 amide bonds. The Balaban J connectivity index is 1.26. The van der Waals surface area contributed by atoms with Gasteiger partial charge >= 0.3 is 0 Å². The van der Waals surface area contributed by atoms with Gasteiger partial charge in [-0.3, -0.25) is 4.79 Å². The van der Waals surface area contributed by atoms with Crippen molar-refractivity contribution < 1.29 is 19.4 Å². The predicted octanol–water partition coefficient (Wildman–Crippen LogP) is 5.25. The average molecular weight is 556 g/mol. The van der Waals surface area contributed by atoms with Crippen LogP contribution in [-0.4, -0.2) is 46.9 Å². The van der Waals surface area contributed by atoms with Crippen molar-refractivity contribution in [3.63, 3.8) is 0 Å². The molecular weight excluding hydrogens is 522 g/mol. The summed E-state index contributed by atoms with van der Waals surface area (Å²) in [6.45, 7) is 2.64. The first-order valence-electron chi connectivity index (χ1n) is 14.1. The molecule has 1 N–H and O–H groups in total. The molecule has 3 aliphatic rings. The van der Waals surface area contributed by atoms with E-state index in [2.05, 4.69) is 23.1 Å². The number of ether oxygens (including phenoxy) is 2. The number of carbonyl (C=O) groups excluding carboxylic acids is 1. The number of piperidine rings is 1. The van der Waals surface area contributed by atoms with Gasteiger partial charge < -0.3 is 24.4 Å². The minimum Gasteiger partial charge on any atom is -0.454 e. The van der Waals surface area contributed by atoms with Crippen LogP contribution in [0.15, 0.2) is 53.2 Å². The van der Waals surface area contributed by atoms with Gasteiger partial charge in [-0.05, 0) is 102 Å². The van der Waals surface area contributed by atoms with Gasteiger partial charge in [-0.1, -0.05) is 6.07 Å². The van der Waals surface area contributed by atoms with Crippen molar-refractivity contribution in [3.05, 3.63) is 81.0 Å². The van der Waals surface area contributed by atoms with Crippen molar-refractivity contribution >= 4 is 34.0 Å². The number of benzene rings is 2. The lowest BCUT2D eigenvalue weighted by molar-refractivity contribution is -0.131. The number of hydrogen-bond acceptors (Lipinski definition) is 7. The quantitative estimate of drug-likeness (QED) is 0.336. The highest BCUT2D eigenvalue weighted by Gasteiger charge is 2.25. The summed E-state index contributed by atoms with van der Waals surface area (Å²) < 4.78 is 11.1. The second-order valence-corrected chi connectivity index (χ2v) is 11.9. The van der Waals surface area contributed by atoms with Crippen LogP contribution in [0.4, 0.5) is 5.82 Å². The number of hydrogen-bond donors (Lipinski definition) is 1. The fourth-order valence-corrected chi connectivity index (χ4v) is 6.79. The van der Waals surface area contributed by atoms with Crippen LogP contribution in [0.2, 0.25) is 0 Å². The largest absolute Gasteiger partial charge is 0.454 e. The molecule has 206 valence electrons. The number of nitrogens with zero attached hydrogens (tertiary/aromatic N) is 3. The normalized spacial score (nSPS) is 16.5. The predicted molar refractivity (Wildman–Crippen MR) is 156 cm³/mol. The smallest absolute Gasteiger partial charge is 0.231 e. The minimum absolute atomic E-state index is 0.0742. The fraction of sp³-hybridized carbons (Fsp3) is 0.375. The van der Waals surface area contributed by atoms with E-state index in [4.69, 9.17) is 14.5 Å². The fourth-order valence-electron chi connectivity index (χ4n) is 6.13. The third-order valence-electron chi connectivity index (χ3n) is 8.31. The second-order valence-electron chi connectivity index (χ2n) is 11.1. The summed E-state index contributed by atoms with van der Waals surface area (Å²) in [6.07, 6.45) is 4.95. The van der Waals surface area contributed by atoms with Crippen LogP contribution in [0, 0.1) is 0 Å². The zero-order valence-electron chi connectivity index (χ0n) is 22.5. The molecule has 0 atom stereocenters. The minimum atomic E-state index is -0.266. The van der Waals surface area contributed by atoms with E-state index in [0.29, 0.717) is 19.5 Å². The molecule has 8 heteroatoms. The number of pyridine rings is 1. The Morgan fingerprint density at radius 1 is 1.00 bits per heavy atom. The van der Waals surface area contributed by atoms with E-state index in [1.807, 2.05) is 39.9 Å². The van der Waals surface area contributed by atoms with Crippen LogP contribution in [-0.2, 0) is 37.1 Å².